The zero-order chi connectivity index (χ0) is 13.2. The van der Waals surface area contributed by atoms with E-state index in [0.717, 1.165) is 12.1 Å². The quantitative estimate of drug-likeness (QED) is 0.613. The Morgan fingerprint density at radius 2 is 1.35 bits per heavy atom. The summed E-state index contributed by atoms with van der Waals surface area (Å²) in [6.45, 7) is 0. The molecule has 90 valence electrons. The average molecular weight is 239 g/mol. The first kappa shape index (κ1) is 12.5. The smallest absolute Gasteiger partial charge is 0.337 e. The number of hydrogen-bond donors (Lipinski definition) is 4. The van der Waals surface area contributed by atoms with Gasteiger partial charge in [-0.2, -0.15) is 0 Å². The largest absolute Gasteiger partial charge is 0.478 e. The molecule has 0 fully saturated rings. The summed E-state index contributed by atoms with van der Waals surface area (Å²) in [7, 11) is 1.36. The summed E-state index contributed by atoms with van der Waals surface area (Å²) < 4.78 is 0. The molecule has 17 heavy (non-hydrogen) atoms. The molecule has 7 nitrogen and oxygen atoms in total. The lowest BCUT2D eigenvalue weighted by atomic mass is 10.0. The molecule has 0 saturated carbocycles. The van der Waals surface area contributed by atoms with Crippen molar-refractivity contribution < 1.29 is 29.7 Å². The van der Waals surface area contributed by atoms with Crippen LogP contribution < -0.4 is 5.32 Å². The van der Waals surface area contributed by atoms with Crippen molar-refractivity contribution in [3.8, 4) is 0 Å². The van der Waals surface area contributed by atoms with E-state index < -0.39 is 29.0 Å². The van der Waals surface area contributed by atoms with Crippen LogP contribution in [0.1, 0.15) is 31.1 Å². The van der Waals surface area contributed by atoms with E-state index in [0.29, 0.717) is 0 Å². The third kappa shape index (κ3) is 2.33. The monoisotopic (exact) mass is 239 g/mol. The maximum absolute atomic E-state index is 10.9. The zero-order valence-electron chi connectivity index (χ0n) is 8.72. The van der Waals surface area contributed by atoms with Gasteiger partial charge < -0.3 is 20.6 Å². The van der Waals surface area contributed by atoms with Crippen LogP contribution in [0, 0.1) is 0 Å². The van der Waals surface area contributed by atoms with E-state index in [1.54, 1.807) is 0 Å². The molecule has 0 unspecified atom stereocenters. The Labute approximate surface area is 95.3 Å². The van der Waals surface area contributed by atoms with E-state index in [2.05, 4.69) is 5.32 Å². The van der Waals surface area contributed by atoms with Gasteiger partial charge in [0.2, 0.25) is 0 Å². The molecule has 0 saturated heterocycles. The lowest BCUT2D eigenvalue weighted by molar-refractivity contribution is 0.0696. The molecule has 0 spiro atoms. The van der Waals surface area contributed by atoms with Gasteiger partial charge in [0.05, 0.1) is 22.4 Å². The molecule has 1 aromatic carbocycles. The van der Waals surface area contributed by atoms with Crippen LogP contribution in [0.15, 0.2) is 12.1 Å². The Morgan fingerprint density at radius 1 is 0.941 bits per heavy atom. The molecule has 0 heterocycles. The van der Waals surface area contributed by atoms with E-state index in [4.69, 9.17) is 15.3 Å². The highest BCUT2D eigenvalue weighted by atomic mass is 16.4. The predicted molar refractivity (Wildman–Crippen MR) is 56.9 cm³/mol. The minimum atomic E-state index is -1.40. The lowest BCUT2D eigenvalue weighted by Gasteiger charge is -2.10. The maximum Gasteiger partial charge on any atom is 0.337 e. The SMILES string of the molecule is CNc1c(C(=O)O)cc(C(=O)O)cc1C(=O)O. The molecule has 7 heteroatoms. The van der Waals surface area contributed by atoms with Gasteiger partial charge in [-0.3, -0.25) is 0 Å². The second kappa shape index (κ2) is 4.52. The van der Waals surface area contributed by atoms with Crippen molar-refractivity contribution in [2.24, 2.45) is 0 Å². The standard InChI is InChI=1S/C10H9NO6/c1-11-7-5(9(14)15)2-4(8(12)13)3-6(7)10(16)17/h2-3,11H,1H3,(H,12,13)(H,14,15)(H,16,17). The summed E-state index contributed by atoms with van der Waals surface area (Å²) in [6, 6.07) is 1.81. The number of benzene rings is 1. The van der Waals surface area contributed by atoms with Crippen molar-refractivity contribution in [1.82, 2.24) is 0 Å². The molecule has 0 aliphatic carbocycles. The fourth-order valence-electron chi connectivity index (χ4n) is 1.37. The maximum atomic E-state index is 10.9. The molecular formula is C10H9NO6. The molecule has 1 rings (SSSR count). The van der Waals surface area contributed by atoms with Gasteiger partial charge in [-0.1, -0.05) is 0 Å². The summed E-state index contributed by atoms with van der Waals surface area (Å²) in [4.78, 5) is 32.6. The summed E-state index contributed by atoms with van der Waals surface area (Å²) in [5.74, 6) is -4.20. The number of carbonyl (C=O) groups is 3. The van der Waals surface area contributed by atoms with Crippen LogP contribution in [0.25, 0.3) is 0 Å². The number of hydrogen-bond acceptors (Lipinski definition) is 4. The van der Waals surface area contributed by atoms with Gasteiger partial charge in [-0.05, 0) is 12.1 Å². The van der Waals surface area contributed by atoms with Crippen molar-refractivity contribution in [2.45, 2.75) is 0 Å². The molecule has 0 aliphatic heterocycles. The number of carboxylic acids is 3. The molecular weight excluding hydrogens is 230 g/mol. The minimum absolute atomic E-state index is 0.130. The zero-order valence-corrected chi connectivity index (χ0v) is 8.72. The first-order valence-electron chi connectivity index (χ1n) is 4.44. The summed E-state index contributed by atoms with van der Waals surface area (Å²) in [5.41, 5.74) is -1.32. The Balaban J connectivity index is 3.63. The van der Waals surface area contributed by atoms with E-state index in [9.17, 15) is 14.4 Å². The molecule has 4 N–H and O–H groups in total. The van der Waals surface area contributed by atoms with Crippen LogP contribution in [0.5, 0.6) is 0 Å². The predicted octanol–water partition coefficient (Wildman–Crippen LogP) is 0.823. The fraction of sp³-hybridized carbons (Fsp3) is 0.100. The molecule has 0 amide bonds. The van der Waals surface area contributed by atoms with Crippen molar-refractivity contribution in [3.63, 3.8) is 0 Å². The Morgan fingerprint density at radius 3 is 1.59 bits per heavy atom. The highest BCUT2D eigenvalue weighted by Gasteiger charge is 2.21. The van der Waals surface area contributed by atoms with E-state index in [1.165, 1.54) is 7.05 Å². The summed E-state index contributed by atoms with van der Waals surface area (Å²) in [5, 5.41) is 29.0. The first-order chi connectivity index (χ1) is 7.88. The van der Waals surface area contributed by atoms with Crippen molar-refractivity contribution >= 4 is 23.6 Å². The van der Waals surface area contributed by atoms with Gasteiger partial charge in [0.15, 0.2) is 0 Å². The topological polar surface area (TPSA) is 124 Å². The van der Waals surface area contributed by atoms with Crippen LogP contribution in [-0.2, 0) is 0 Å². The first-order valence-corrected chi connectivity index (χ1v) is 4.44. The Kier molecular flexibility index (Phi) is 3.32. The van der Waals surface area contributed by atoms with E-state index in [-0.39, 0.29) is 11.3 Å². The molecule has 0 aliphatic rings. The van der Waals surface area contributed by atoms with Gasteiger partial charge in [-0.25, -0.2) is 14.4 Å². The normalized spacial score (nSPS) is 9.71. The van der Waals surface area contributed by atoms with Crippen LogP contribution >= 0.6 is 0 Å². The molecule has 1 aromatic rings. The fourth-order valence-corrected chi connectivity index (χ4v) is 1.37. The number of anilines is 1. The van der Waals surface area contributed by atoms with Crippen LogP contribution in [-0.4, -0.2) is 40.3 Å². The molecule has 0 bridgehead atoms. The lowest BCUT2D eigenvalue weighted by Crippen LogP contribution is -2.12. The third-order valence-corrected chi connectivity index (χ3v) is 2.10. The average Bonchev–Trinajstić information content (AvgIpc) is 2.26. The van der Waals surface area contributed by atoms with Crippen LogP contribution in [0.4, 0.5) is 5.69 Å². The second-order valence-electron chi connectivity index (χ2n) is 3.11. The van der Waals surface area contributed by atoms with Crippen molar-refractivity contribution in [1.29, 1.82) is 0 Å². The second-order valence-corrected chi connectivity index (χ2v) is 3.11. The third-order valence-electron chi connectivity index (χ3n) is 2.10. The summed E-state index contributed by atoms with van der Waals surface area (Å²) in [6.07, 6.45) is 0. The van der Waals surface area contributed by atoms with Crippen LogP contribution in [0.2, 0.25) is 0 Å². The van der Waals surface area contributed by atoms with Crippen LogP contribution in [0.3, 0.4) is 0 Å². The number of nitrogens with one attached hydrogen (secondary N) is 1. The molecule has 0 radical (unpaired) electrons. The van der Waals surface area contributed by atoms with Crippen molar-refractivity contribution in [2.75, 3.05) is 12.4 Å². The highest BCUT2D eigenvalue weighted by Crippen LogP contribution is 2.23. The molecule has 0 atom stereocenters. The number of aromatic carboxylic acids is 3. The van der Waals surface area contributed by atoms with Crippen molar-refractivity contribution in [3.05, 3.63) is 28.8 Å². The van der Waals surface area contributed by atoms with Gasteiger partial charge >= 0.3 is 17.9 Å². The van der Waals surface area contributed by atoms with Gasteiger partial charge in [0.25, 0.3) is 0 Å². The number of rotatable bonds is 4. The van der Waals surface area contributed by atoms with E-state index >= 15 is 0 Å². The minimum Gasteiger partial charge on any atom is -0.478 e. The van der Waals surface area contributed by atoms with Gasteiger partial charge in [0, 0.05) is 7.05 Å². The Hall–Kier alpha value is -2.57. The number of carboxylic acid groups (broad SMARTS) is 3. The Bertz CT molecular complexity index is 473. The van der Waals surface area contributed by atoms with Gasteiger partial charge in [-0.15, -0.1) is 0 Å². The summed E-state index contributed by atoms with van der Waals surface area (Å²) >= 11 is 0. The molecule has 0 aromatic heterocycles. The van der Waals surface area contributed by atoms with Gasteiger partial charge in [0.1, 0.15) is 0 Å². The highest BCUT2D eigenvalue weighted by molar-refractivity contribution is 6.06. The van der Waals surface area contributed by atoms with E-state index in [1.807, 2.05) is 0 Å².